The average Bonchev–Trinajstić information content (AvgIpc) is 2.83. The molecule has 1 atom stereocenters. The highest BCUT2D eigenvalue weighted by molar-refractivity contribution is 7.92. The molecule has 8 nitrogen and oxygen atoms in total. The van der Waals surface area contributed by atoms with E-state index < -0.39 is 27.4 Å². The van der Waals surface area contributed by atoms with E-state index in [9.17, 15) is 23.3 Å². The zero-order valence-electron chi connectivity index (χ0n) is 17.8. The fraction of sp³-hybridized carbons (Fsp3) is 0.208. The Labute approximate surface area is 192 Å². The fourth-order valence-electron chi connectivity index (χ4n) is 4.07. The number of hydrogen-bond acceptors (Lipinski definition) is 5. The summed E-state index contributed by atoms with van der Waals surface area (Å²) < 4.78 is 27.7. The number of benzene rings is 3. The maximum atomic E-state index is 13.4. The average molecular weight is 466 g/mol. The summed E-state index contributed by atoms with van der Waals surface area (Å²) >= 11 is 0. The Kier molecular flexibility index (Phi) is 6.41. The Hall–Kier alpha value is -3.72. The number of anilines is 1. The zero-order chi connectivity index (χ0) is 23.4. The molecule has 33 heavy (non-hydrogen) atoms. The number of aryl methyl sites for hydroxylation is 1. The SMILES string of the molecule is O=C(CN(c1cccc([N+](=O)[O-])c1)S(=O)(=O)c1ccccc1)N[C@@H]1CCCc2ccccc21. The number of nitrogens with zero attached hydrogens (tertiary/aromatic N) is 2. The summed E-state index contributed by atoms with van der Waals surface area (Å²) in [7, 11) is -4.14. The molecule has 0 spiro atoms. The van der Waals surface area contributed by atoms with Gasteiger partial charge in [-0.05, 0) is 48.6 Å². The lowest BCUT2D eigenvalue weighted by Crippen LogP contribution is -2.42. The molecule has 0 aromatic heterocycles. The van der Waals surface area contributed by atoms with Gasteiger partial charge in [-0.1, -0.05) is 48.5 Å². The van der Waals surface area contributed by atoms with Crippen LogP contribution in [0.1, 0.15) is 30.0 Å². The van der Waals surface area contributed by atoms with Gasteiger partial charge in [-0.15, -0.1) is 0 Å². The quantitative estimate of drug-likeness (QED) is 0.419. The smallest absolute Gasteiger partial charge is 0.271 e. The van der Waals surface area contributed by atoms with Crippen LogP contribution in [0, 0.1) is 10.1 Å². The van der Waals surface area contributed by atoms with Crippen molar-refractivity contribution in [3.05, 3.63) is 100 Å². The maximum absolute atomic E-state index is 13.4. The van der Waals surface area contributed by atoms with Gasteiger partial charge in [-0.25, -0.2) is 8.42 Å². The van der Waals surface area contributed by atoms with E-state index in [1.165, 1.54) is 35.9 Å². The Morgan fingerprint density at radius 1 is 1.03 bits per heavy atom. The van der Waals surface area contributed by atoms with Crippen molar-refractivity contribution in [3.63, 3.8) is 0 Å². The lowest BCUT2D eigenvalue weighted by atomic mass is 9.88. The van der Waals surface area contributed by atoms with Gasteiger partial charge in [0.05, 0.1) is 21.5 Å². The van der Waals surface area contributed by atoms with Crippen LogP contribution in [-0.4, -0.2) is 25.8 Å². The van der Waals surface area contributed by atoms with Crippen LogP contribution in [0.3, 0.4) is 0 Å². The summed E-state index contributed by atoms with van der Waals surface area (Å²) in [6.45, 7) is -0.503. The maximum Gasteiger partial charge on any atom is 0.271 e. The third kappa shape index (κ3) is 4.88. The van der Waals surface area contributed by atoms with Gasteiger partial charge in [0.25, 0.3) is 15.7 Å². The summed E-state index contributed by atoms with van der Waals surface area (Å²) in [5, 5.41) is 14.2. The summed E-state index contributed by atoms with van der Waals surface area (Å²) in [6.07, 6.45) is 2.61. The molecule has 3 aromatic rings. The van der Waals surface area contributed by atoms with Gasteiger partial charge in [0.1, 0.15) is 6.54 Å². The monoisotopic (exact) mass is 465 g/mol. The molecular formula is C24H23N3O5S. The summed E-state index contributed by atoms with van der Waals surface area (Å²) in [5.74, 6) is -0.484. The van der Waals surface area contributed by atoms with Gasteiger partial charge in [0.2, 0.25) is 5.91 Å². The van der Waals surface area contributed by atoms with E-state index in [4.69, 9.17) is 0 Å². The minimum atomic E-state index is -4.14. The summed E-state index contributed by atoms with van der Waals surface area (Å²) in [5.41, 5.74) is 1.99. The van der Waals surface area contributed by atoms with E-state index in [0.717, 1.165) is 35.2 Å². The van der Waals surface area contributed by atoms with Crippen LogP contribution in [0.2, 0.25) is 0 Å². The third-order valence-corrected chi connectivity index (χ3v) is 7.44. The molecule has 9 heteroatoms. The van der Waals surface area contributed by atoms with E-state index in [1.54, 1.807) is 18.2 Å². The molecule has 1 aliphatic carbocycles. The van der Waals surface area contributed by atoms with E-state index >= 15 is 0 Å². The first-order valence-electron chi connectivity index (χ1n) is 10.6. The number of rotatable bonds is 7. The number of nitro groups is 1. The zero-order valence-corrected chi connectivity index (χ0v) is 18.6. The lowest BCUT2D eigenvalue weighted by Gasteiger charge is -2.28. The highest BCUT2D eigenvalue weighted by atomic mass is 32.2. The number of non-ortho nitro benzene ring substituents is 1. The molecule has 1 amide bonds. The molecule has 0 saturated carbocycles. The van der Waals surface area contributed by atoms with Crippen molar-refractivity contribution in [1.82, 2.24) is 5.32 Å². The summed E-state index contributed by atoms with van der Waals surface area (Å²) in [4.78, 5) is 23.7. The van der Waals surface area contributed by atoms with Crippen molar-refractivity contribution in [3.8, 4) is 0 Å². The highest BCUT2D eigenvalue weighted by Crippen LogP contribution is 2.30. The van der Waals surface area contributed by atoms with Crippen LogP contribution in [0.25, 0.3) is 0 Å². The first-order valence-corrected chi connectivity index (χ1v) is 12.0. The molecule has 0 unspecified atom stereocenters. The van der Waals surface area contributed by atoms with Crippen LogP contribution in [0.5, 0.6) is 0 Å². The van der Waals surface area contributed by atoms with Crippen LogP contribution >= 0.6 is 0 Å². The van der Waals surface area contributed by atoms with Gasteiger partial charge < -0.3 is 5.32 Å². The molecule has 0 radical (unpaired) electrons. The number of amides is 1. The summed E-state index contributed by atoms with van der Waals surface area (Å²) in [6, 6.07) is 20.6. The number of sulfonamides is 1. The van der Waals surface area contributed by atoms with Gasteiger partial charge in [-0.2, -0.15) is 0 Å². The molecule has 0 bridgehead atoms. The first-order chi connectivity index (χ1) is 15.9. The second-order valence-electron chi connectivity index (χ2n) is 7.81. The standard InChI is InChI=1S/C24H23N3O5S/c28-24(25-23-15-6-9-18-8-4-5-14-22(18)23)17-26(19-10-7-11-20(16-19)27(29)30)33(31,32)21-12-2-1-3-13-21/h1-5,7-8,10-14,16,23H,6,9,15,17H2,(H,25,28)/t23-/m1/s1. The van der Waals surface area contributed by atoms with E-state index in [2.05, 4.69) is 5.32 Å². The molecule has 0 aliphatic heterocycles. The van der Waals surface area contributed by atoms with E-state index in [1.807, 2.05) is 24.3 Å². The van der Waals surface area contributed by atoms with Gasteiger partial charge in [-0.3, -0.25) is 19.2 Å². The van der Waals surface area contributed by atoms with Crippen molar-refractivity contribution >= 4 is 27.3 Å². The van der Waals surface area contributed by atoms with Gasteiger partial charge in [0.15, 0.2) is 0 Å². The predicted molar refractivity (Wildman–Crippen MR) is 124 cm³/mol. The van der Waals surface area contributed by atoms with Crippen molar-refractivity contribution in [2.24, 2.45) is 0 Å². The number of carbonyl (C=O) groups excluding carboxylic acids is 1. The molecule has 1 aliphatic rings. The van der Waals surface area contributed by atoms with Crippen molar-refractivity contribution < 1.29 is 18.1 Å². The Balaban J connectivity index is 1.65. The fourth-order valence-corrected chi connectivity index (χ4v) is 5.50. The molecule has 3 aromatic carbocycles. The molecule has 0 fully saturated rings. The minimum Gasteiger partial charge on any atom is -0.348 e. The van der Waals surface area contributed by atoms with Crippen molar-refractivity contribution in [1.29, 1.82) is 0 Å². The third-order valence-electron chi connectivity index (χ3n) is 5.65. The van der Waals surface area contributed by atoms with Crippen LogP contribution in [-0.2, 0) is 21.2 Å². The largest absolute Gasteiger partial charge is 0.348 e. The Morgan fingerprint density at radius 3 is 2.52 bits per heavy atom. The normalized spacial score (nSPS) is 15.3. The number of nitrogens with one attached hydrogen (secondary N) is 1. The Bertz CT molecular complexity index is 1280. The van der Waals surface area contributed by atoms with E-state index in [-0.39, 0.29) is 22.3 Å². The second kappa shape index (κ2) is 9.41. The molecular weight excluding hydrogens is 442 g/mol. The number of nitro benzene ring substituents is 1. The molecule has 0 heterocycles. The van der Waals surface area contributed by atoms with Crippen LogP contribution < -0.4 is 9.62 Å². The Morgan fingerprint density at radius 2 is 1.76 bits per heavy atom. The van der Waals surface area contributed by atoms with Crippen molar-refractivity contribution in [2.75, 3.05) is 10.8 Å². The molecule has 0 saturated heterocycles. The van der Waals surface area contributed by atoms with Crippen LogP contribution in [0.4, 0.5) is 11.4 Å². The number of hydrogen-bond donors (Lipinski definition) is 1. The topological polar surface area (TPSA) is 110 Å². The molecule has 1 N–H and O–H groups in total. The van der Waals surface area contributed by atoms with Crippen LogP contribution in [0.15, 0.2) is 83.8 Å². The number of carbonyl (C=O) groups is 1. The lowest BCUT2D eigenvalue weighted by molar-refractivity contribution is -0.384. The highest BCUT2D eigenvalue weighted by Gasteiger charge is 2.29. The molecule has 170 valence electrons. The molecule has 4 rings (SSSR count). The van der Waals surface area contributed by atoms with Gasteiger partial charge >= 0.3 is 0 Å². The second-order valence-corrected chi connectivity index (χ2v) is 9.68. The van der Waals surface area contributed by atoms with Gasteiger partial charge in [0, 0.05) is 12.1 Å². The van der Waals surface area contributed by atoms with E-state index in [0.29, 0.717) is 0 Å². The predicted octanol–water partition coefficient (Wildman–Crippen LogP) is 3.98. The van der Waals surface area contributed by atoms with Crippen molar-refractivity contribution in [2.45, 2.75) is 30.2 Å². The first kappa shape index (κ1) is 22.5. The minimum absolute atomic E-state index is 0.00711. The number of fused-ring (bicyclic) bond motifs is 1.